The van der Waals surface area contributed by atoms with Crippen molar-refractivity contribution in [1.29, 1.82) is 0 Å². The van der Waals surface area contributed by atoms with Crippen LogP contribution in [0.4, 0.5) is 13.2 Å². The zero-order valence-electron chi connectivity index (χ0n) is 14.6. The number of halogens is 4. The molecule has 0 aliphatic carbocycles. The van der Waals surface area contributed by atoms with Crippen LogP contribution in [0.5, 0.6) is 0 Å². The van der Waals surface area contributed by atoms with E-state index in [9.17, 15) is 18.0 Å². The zero-order chi connectivity index (χ0) is 19.9. The summed E-state index contributed by atoms with van der Waals surface area (Å²) in [7, 11) is 0. The number of amides is 1. The molecular weight excluding hydrogens is 395 g/mol. The van der Waals surface area contributed by atoms with Gasteiger partial charge in [-0.25, -0.2) is 15.4 Å². The predicted octanol–water partition coefficient (Wildman–Crippen LogP) is 2.83. The average molecular weight is 412 g/mol. The first-order valence-electron chi connectivity index (χ1n) is 8.79. The van der Waals surface area contributed by atoms with Crippen LogP contribution in [-0.2, 0) is 6.18 Å². The summed E-state index contributed by atoms with van der Waals surface area (Å²) >= 11 is 5.91. The molecule has 148 valence electrons. The first-order valence-corrected chi connectivity index (χ1v) is 9.17. The van der Waals surface area contributed by atoms with Gasteiger partial charge in [0, 0.05) is 37.4 Å². The first kappa shape index (κ1) is 19.1. The van der Waals surface area contributed by atoms with Gasteiger partial charge in [0.05, 0.1) is 22.2 Å². The van der Waals surface area contributed by atoms with E-state index in [4.69, 9.17) is 11.6 Å². The Bertz CT molecular complexity index is 879. The number of piperidine rings is 1. The number of benzene rings is 1. The number of nitrogens with one attached hydrogen (secondary N) is 2. The van der Waals surface area contributed by atoms with Crippen molar-refractivity contribution in [2.45, 2.75) is 24.7 Å². The Balaban J connectivity index is 1.51. The Morgan fingerprint density at radius 3 is 2.64 bits per heavy atom. The van der Waals surface area contributed by atoms with Crippen LogP contribution in [0.2, 0.25) is 5.02 Å². The van der Waals surface area contributed by atoms with Crippen LogP contribution in [0.25, 0.3) is 0 Å². The van der Waals surface area contributed by atoms with E-state index in [0.717, 1.165) is 6.07 Å². The van der Waals surface area contributed by atoms with Crippen LogP contribution in [-0.4, -0.2) is 39.9 Å². The second-order valence-corrected chi connectivity index (χ2v) is 7.23. The number of aromatic nitrogens is 2. The van der Waals surface area contributed by atoms with Crippen molar-refractivity contribution in [2.24, 2.45) is 5.92 Å². The molecule has 1 aromatic carbocycles. The standard InChI is InChI=1S/C18H17ClF3N5O/c19-14-11(3-1-4-12(14)18(20,21)22)17(28)27-8-5-10-13(9-27)25-26-15(10)16-23-6-2-7-24-16/h1-4,6-7,10,13,15,25-26H,5,8-9H2. The SMILES string of the molecule is O=C(c1cccc(C(F)(F)F)c1Cl)N1CCC2C(C1)NNC2c1ncccn1. The third-order valence-electron chi connectivity index (χ3n) is 5.20. The van der Waals surface area contributed by atoms with Crippen molar-refractivity contribution in [1.82, 2.24) is 25.7 Å². The summed E-state index contributed by atoms with van der Waals surface area (Å²) < 4.78 is 39.2. The number of carbonyl (C=O) groups is 1. The van der Waals surface area contributed by atoms with E-state index in [1.54, 1.807) is 18.5 Å². The maximum Gasteiger partial charge on any atom is 0.417 e. The van der Waals surface area contributed by atoms with Crippen molar-refractivity contribution in [3.8, 4) is 0 Å². The fourth-order valence-electron chi connectivity index (χ4n) is 3.82. The lowest BCUT2D eigenvalue weighted by Gasteiger charge is -2.35. The maximum absolute atomic E-state index is 13.1. The largest absolute Gasteiger partial charge is 0.417 e. The summed E-state index contributed by atoms with van der Waals surface area (Å²) in [6, 6.07) is 5.00. The normalized spacial score (nSPS) is 24.9. The zero-order valence-corrected chi connectivity index (χ0v) is 15.3. The van der Waals surface area contributed by atoms with E-state index in [1.165, 1.54) is 17.0 Å². The number of likely N-dealkylation sites (tertiary alicyclic amines) is 1. The summed E-state index contributed by atoms with van der Waals surface area (Å²) in [5.41, 5.74) is 5.19. The molecule has 0 bridgehead atoms. The van der Waals surface area contributed by atoms with Gasteiger partial charge in [0.15, 0.2) is 0 Å². The highest BCUT2D eigenvalue weighted by Crippen LogP contribution is 2.38. The van der Waals surface area contributed by atoms with Crippen molar-refractivity contribution < 1.29 is 18.0 Å². The molecule has 1 aromatic heterocycles. The number of hydrazine groups is 1. The van der Waals surface area contributed by atoms with Gasteiger partial charge >= 0.3 is 6.18 Å². The van der Waals surface area contributed by atoms with Crippen molar-refractivity contribution in [2.75, 3.05) is 13.1 Å². The smallest absolute Gasteiger partial charge is 0.337 e. The van der Waals surface area contributed by atoms with E-state index in [0.29, 0.717) is 25.3 Å². The van der Waals surface area contributed by atoms with E-state index < -0.39 is 22.7 Å². The van der Waals surface area contributed by atoms with Crippen LogP contribution >= 0.6 is 11.6 Å². The van der Waals surface area contributed by atoms with Gasteiger partial charge in [-0.05, 0) is 24.6 Å². The number of carbonyl (C=O) groups excluding carboxylic acids is 1. The number of alkyl halides is 3. The number of rotatable bonds is 2. The Kier molecular flexibility index (Phi) is 4.98. The second-order valence-electron chi connectivity index (χ2n) is 6.85. The first-order chi connectivity index (χ1) is 13.4. The highest BCUT2D eigenvalue weighted by Gasteiger charge is 2.43. The van der Waals surface area contributed by atoms with E-state index in [1.807, 2.05) is 0 Å². The van der Waals surface area contributed by atoms with Gasteiger partial charge in [0.25, 0.3) is 5.91 Å². The lowest BCUT2D eigenvalue weighted by molar-refractivity contribution is -0.137. The molecule has 28 heavy (non-hydrogen) atoms. The van der Waals surface area contributed by atoms with E-state index >= 15 is 0 Å². The van der Waals surface area contributed by atoms with Gasteiger partial charge in [-0.1, -0.05) is 17.7 Å². The minimum absolute atomic E-state index is 0.0592. The highest BCUT2D eigenvalue weighted by molar-refractivity contribution is 6.34. The van der Waals surface area contributed by atoms with Gasteiger partial charge in [0.2, 0.25) is 0 Å². The topological polar surface area (TPSA) is 70.2 Å². The molecule has 2 aliphatic rings. The summed E-state index contributed by atoms with van der Waals surface area (Å²) in [5.74, 6) is 0.336. The highest BCUT2D eigenvalue weighted by atomic mass is 35.5. The van der Waals surface area contributed by atoms with Crippen molar-refractivity contribution in [3.63, 3.8) is 0 Å². The molecule has 2 N–H and O–H groups in total. The van der Waals surface area contributed by atoms with Crippen LogP contribution in [0.15, 0.2) is 36.7 Å². The van der Waals surface area contributed by atoms with Gasteiger partial charge in [-0.15, -0.1) is 0 Å². The third-order valence-corrected chi connectivity index (χ3v) is 5.61. The van der Waals surface area contributed by atoms with E-state index in [2.05, 4.69) is 20.8 Å². The predicted molar refractivity (Wildman–Crippen MR) is 95.3 cm³/mol. The molecule has 3 atom stereocenters. The Morgan fingerprint density at radius 2 is 1.93 bits per heavy atom. The maximum atomic E-state index is 13.1. The molecule has 3 heterocycles. The molecule has 3 unspecified atom stereocenters. The molecular formula is C18H17ClF3N5O. The minimum atomic E-state index is -4.61. The van der Waals surface area contributed by atoms with Crippen LogP contribution in [0, 0.1) is 5.92 Å². The third kappa shape index (κ3) is 3.45. The van der Waals surface area contributed by atoms with E-state index in [-0.39, 0.29) is 23.6 Å². The molecule has 6 nitrogen and oxygen atoms in total. The van der Waals surface area contributed by atoms with Gasteiger partial charge < -0.3 is 4.90 Å². The lowest BCUT2D eigenvalue weighted by atomic mass is 9.87. The van der Waals surface area contributed by atoms with Crippen LogP contribution in [0.1, 0.15) is 34.2 Å². The molecule has 2 saturated heterocycles. The Hall–Kier alpha value is -2.23. The Morgan fingerprint density at radius 1 is 1.18 bits per heavy atom. The summed E-state index contributed by atoms with van der Waals surface area (Å²) in [6.45, 7) is 0.770. The molecule has 0 spiro atoms. The minimum Gasteiger partial charge on any atom is -0.337 e. The quantitative estimate of drug-likeness (QED) is 0.795. The summed E-state index contributed by atoms with van der Waals surface area (Å²) in [4.78, 5) is 22.9. The summed E-state index contributed by atoms with van der Waals surface area (Å²) in [5, 5.41) is -0.560. The molecule has 4 rings (SSSR count). The molecule has 10 heteroatoms. The summed E-state index contributed by atoms with van der Waals surface area (Å²) in [6.07, 6.45) is -0.604. The molecule has 2 fully saturated rings. The number of nitrogens with zero attached hydrogens (tertiary/aromatic N) is 3. The van der Waals surface area contributed by atoms with Gasteiger partial charge in [-0.3, -0.25) is 10.2 Å². The number of hydrogen-bond donors (Lipinski definition) is 2. The fourth-order valence-corrected chi connectivity index (χ4v) is 4.14. The van der Waals surface area contributed by atoms with Crippen LogP contribution < -0.4 is 10.9 Å². The number of hydrogen-bond acceptors (Lipinski definition) is 5. The second kappa shape index (κ2) is 7.31. The Labute approximate surface area is 164 Å². The molecule has 1 amide bonds. The van der Waals surface area contributed by atoms with Crippen molar-refractivity contribution >= 4 is 17.5 Å². The molecule has 2 aliphatic heterocycles. The van der Waals surface area contributed by atoms with Gasteiger partial charge in [-0.2, -0.15) is 13.2 Å². The fraction of sp³-hybridized carbons (Fsp3) is 0.389. The van der Waals surface area contributed by atoms with Gasteiger partial charge in [0.1, 0.15) is 5.82 Å². The van der Waals surface area contributed by atoms with Crippen molar-refractivity contribution in [3.05, 3.63) is 58.6 Å². The molecule has 0 radical (unpaired) electrons. The van der Waals surface area contributed by atoms with Crippen LogP contribution in [0.3, 0.4) is 0 Å². The monoisotopic (exact) mass is 411 g/mol. The average Bonchev–Trinajstić information content (AvgIpc) is 3.10. The molecule has 0 saturated carbocycles. The number of fused-ring (bicyclic) bond motifs is 1. The lowest BCUT2D eigenvalue weighted by Crippen LogP contribution is -2.49. The molecule has 2 aromatic rings.